The Kier molecular flexibility index (Phi) is 2.95. The molecule has 2 aromatic heterocycles. The molecular formula is C14H13ClN4. The molecular weight excluding hydrogens is 260 g/mol. The molecule has 19 heavy (non-hydrogen) atoms. The van der Waals surface area contributed by atoms with Gasteiger partial charge in [0.25, 0.3) is 0 Å². The number of imidazole rings is 1. The highest BCUT2D eigenvalue weighted by molar-refractivity contribution is 6.30. The van der Waals surface area contributed by atoms with Gasteiger partial charge >= 0.3 is 0 Å². The zero-order valence-corrected chi connectivity index (χ0v) is 11.5. The molecule has 96 valence electrons. The topological polar surface area (TPSA) is 54.5 Å². The van der Waals surface area contributed by atoms with Crippen molar-refractivity contribution in [1.82, 2.24) is 19.9 Å². The first-order valence-electron chi connectivity index (χ1n) is 6.07. The number of benzene rings is 1. The van der Waals surface area contributed by atoms with Crippen molar-refractivity contribution in [2.45, 2.75) is 20.3 Å². The van der Waals surface area contributed by atoms with Crippen LogP contribution in [-0.2, 0) is 6.42 Å². The van der Waals surface area contributed by atoms with E-state index in [1.165, 1.54) is 0 Å². The van der Waals surface area contributed by atoms with Gasteiger partial charge in [-0.25, -0.2) is 15.0 Å². The summed E-state index contributed by atoms with van der Waals surface area (Å²) >= 11 is 6.08. The van der Waals surface area contributed by atoms with E-state index in [0.717, 1.165) is 28.1 Å². The summed E-state index contributed by atoms with van der Waals surface area (Å²) in [5.41, 5.74) is 3.81. The van der Waals surface area contributed by atoms with Gasteiger partial charge in [-0.15, -0.1) is 0 Å². The van der Waals surface area contributed by atoms with Crippen LogP contribution < -0.4 is 0 Å². The van der Waals surface area contributed by atoms with Gasteiger partial charge in [0.05, 0.1) is 17.5 Å². The molecule has 0 bridgehead atoms. The van der Waals surface area contributed by atoms with E-state index >= 15 is 0 Å². The fraction of sp³-hybridized carbons (Fsp3) is 0.214. The lowest BCUT2D eigenvalue weighted by Gasteiger charge is -2.04. The minimum Gasteiger partial charge on any atom is -0.342 e. The smallest absolute Gasteiger partial charge is 0.137 e. The maximum absolute atomic E-state index is 6.08. The molecule has 0 amide bonds. The molecule has 0 atom stereocenters. The van der Waals surface area contributed by atoms with Crippen molar-refractivity contribution in [2.24, 2.45) is 0 Å². The maximum Gasteiger partial charge on any atom is 0.137 e. The van der Waals surface area contributed by atoms with E-state index in [1.807, 2.05) is 38.1 Å². The number of aromatic nitrogens is 4. The van der Waals surface area contributed by atoms with Crippen LogP contribution in [0.5, 0.6) is 0 Å². The number of halogens is 1. The highest BCUT2D eigenvalue weighted by atomic mass is 35.5. The molecule has 5 heteroatoms. The predicted octanol–water partition coefficient (Wildman–Crippen LogP) is 3.21. The van der Waals surface area contributed by atoms with E-state index in [0.29, 0.717) is 17.4 Å². The molecule has 0 saturated heterocycles. The first-order valence-corrected chi connectivity index (χ1v) is 6.44. The third-order valence-corrected chi connectivity index (χ3v) is 3.51. The Morgan fingerprint density at radius 1 is 1.11 bits per heavy atom. The van der Waals surface area contributed by atoms with E-state index in [9.17, 15) is 0 Å². The largest absolute Gasteiger partial charge is 0.342 e. The Labute approximate surface area is 115 Å². The fourth-order valence-corrected chi connectivity index (χ4v) is 2.20. The second kappa shape index (κ2) is 4.63. The number of para-hydroxylation sites is 2. The van der Waals surface area contributed by atoms with E-state index in [1.54, 1.807) is 0 Å². The van der Waals surface area contributed by atoms with Crippen molar-refractivity contribution < 1.29 is 0 Å². The second-order valence-electron chi connectivity index (χ2n) is 4.52. The number of nitrogens with one attached hydrogen (secondary N) is 1. The third-order valence-electron chi connectivity index (χ3n) is 3.14. The van der Waals surface area contributed by atoms with Gasteiger partial charge in [0.1, 0.15) is 16.8 Å². The lowest BCUT2D eigenvalue weighted by molar-refractivity contribution is 0.891. The molecule has 4 nitrogen and oxygen atoms in total. The zero-order chi connectivity index (χ0) is 13.4. The predicted molar refractivity (Wildman–Crippen MR) is 75.4 cm³/mol. The summed E-state index contributed by atoms with van der Waals surface area (Å²) in [6, 6.07) is 7.92. The van der Waals surface area contributed by atoms with Crippen LogP contribution in [0.3, 0.4) is 0 Å². The van der Waals surface area contributed by atoms with E-state index < -0.39 is 0 Å². The Hall–Kier alpha value is -1.94. The van der Waals surface area contributed by atoms with Gasteiger partial charge in [0, 0.05) is 11.3 Å². The Balaban J connectivity index is 1.96. The minimum atomic E-state index is 0.513. The fourth-order valence-electron chi connectivity index (χ4n) is 1.97. The normalized spacial score (nSPS) is 11.1. The standard InChI is InChI=1S/C14H13ClN4/c1-8-9(2)16-12(19-14(8)15)7-13-17-10-5-3-4-6-11(10)18-13/h3-6H,7H2,1-2H3,(H,17,18). The van der Waals surface area contributed by atoms with Crippen LogP contribution in [0.15, 0.2) is 24.3 Å². The molecule has 0 spiro atoms. The van der Waals surface area contributed by atoms with Crippen LogP contribution in [0.4, 0.5) is 0 Å². The van der Waals surface area contributed by atoms with Crippen molar-refractivity contribution in [3.05, 3.63) is 52.3 Å². The lowest BCUT2D eigenvalue weighted by atomic mass is 10.2. The van der Waals surface area contributed by atoms with Crippen molar-refractivity contribution in [2.75, 3.05) is 0 Å². The molecule has 1 aromatic carbocycles. The van der Waals surface area contributed by atoms with Crippen molar-refractivity contribution in [1.29, 1.82) is 0 Å². The van der Waals surface area contributed by atoms with Crippen LogP contribution in [0, 0.1) is 13.8 Å². The van der Waals surface area contributed by atoms with Gasteiger partial charge in [-0.1, -0.05) is 23.7 Å². The molecule has 3 rings (SSSR count). The van der Waals surface area contributed by atoms with E-state index in [4.69, 9.17) is 11.6 Å². The van der Waals surface area contributed by atoms with Gasteiger partial charge < -0.3 is 4.98 Å². The SMILES string of the molecule is Cc1nc(Cc2nc3ccccc3[nH]2)nc(Cl)c1C. The first-order chi connectivity index (χ1) is 9.13. The Morgan fingerprint density at radius 3 is 2.63 bits per heavy atom. The van der Waals surface area contributed by atoms with Gasteiger partial charge in [0.2, 0.25) is 0 Å². The Morgan fingerprint density at radius 2 is 1.89 bits per heavy atom. The number of H-pyrrole nitrogens is 1. The minimum absolute atomic E-state index is 0.513. The lowest BCUT2D eigenvalue weighted by Crippen LogP contribution is -2.02. The zero-order valence-electron chi connectivity index (χ0n) is 10.7. The van der Waals surface area contributed by atoms with E-state index in [-0.39, 0.29) is 0 Å². The molecule has 0 aliphatic rings. The maximum atomic E-state index is 6.08. The average molecular weight is 273 g/mol. The summed E-state index contributed by atoms with van der Waals surface area (Å²) < 4.78 is 0. The van der Waals surface area contributed by atoms with Crippen LogP contribution in [0.2, 0.25) is 5.15 Å². The number of hydrogen-bond donors (Lipinski definition) is 1. The van der Waals surface area contributed by atoms with Crippen LogP contribution in [-0.4, -0.2) is 19.9 Å². The van der Waals surface area contributed by atoms with Crippen molar-refractivity contribution >= 4 is 22.6 Å². The third kappa shape index (κ3) is 2.31. The molecule has 2 heterocycles. The van der Waals surface area contributed by atoms with Gasteiger partial charge in [-0.05, 0) is 26.0 Å². The van der Waals surface area contributed by atoms with Gasteiger partial charge in [-0.3, -0.25) is 0 Å². The molecule has 0 aliphatic carbocycles. The van der Waals surface area contributed by atoms with Gasteiger partial charge in [0.15, 0.2) is 0 Å². The Bertz CT molecular complexity index is 692. The highest BCUT2D eigenvalue weighted by Gasteiger charge is 2.09. The highest BCUT2D eigenvalue weighted by Crippen LogP contribution is 2.17. The quantitative estimate of drug-likeness (QED) is 0.729. The summed E-state index contributed by atoms with van der Waals surface area (Å²) in [6.45, 7) is 3.85. The van der Waals surface area contributed by atoms with Crippen LogP contribution in [0.1, 0.15) is 22.9 Å². The van der Waals surface area contributed by atoms with Crippen molar-refractivity contribution in [3.8, 4) is 0 Å². The average Bonchev–Trinajstić information content (AvgIpc) is 2.78. The summed E-state index contributed by atoms with van der Waals surface area (Å²) in [5, 5.41) is 0.513. The number of hydrogen-bond acceptors (Lipinski definition) is 3. The molecule has 0 saturated carbocycles. The number of rotatable bonds is 2. The van der Waals surface area contributed by atoms with Gasteiger partial charge in [-0.2, -0.15) is 0 Å². The number of nitrogens with zero attached hydrogens (tertiary/aromatic N) is 3. The molecule has 0 aliphatic heterocycles. The van der Waals surface area contributed by atoms with E-state index in [2.05, 4.69) is 19.9 Å². The summed E-state index contributed by atoms with van der Waals surface area (Å²) in [5.74, 6) is 1.53. The molecule has 3 aromatic rings. The molecule has 0 unspecified atom stereocenters. The molecule has 1 N–H and O–H groups in total. The van der Waals surface area contributed by atoms with Crippen LogP contribution in [0.25, 0.3) is 11.0 Å². The summed E-state index contributed by atoms with van der Waals surface area (Å²) in [7, 11) is 0. The molecule has 0 fully saturated rings. The number of aromatic amines is 1. The number of fused-ring (bicyclic) bond motifs is 1. The second-order valence-corrected chi connectivity index (χ2v) is 4.88. The first kappa shape index (κ1) is 12.1. The monoisotopic (exact) mass is 272 g/mol. The molecule has 0 radical (unpaired) electrons. The van der Waals surface area contributed by atoms with Crippen molar-refractivity contribution in [3.63, 3.8) is 0 Å². The summed E-state index contributed by atoms with van der Waals surface area (Å²) in [6.07, 6.45) is 0.551. The summed E-state index contributed by atoms with van der Waals surface area (Å²) in [4.78, 5) is 16.5. The number of aryl methyl sites for hydroxylation is 1. The van der Waals surface area contributed by atoms with Crippen LogP contribution >= 0.6 is 11.6 Å².